The Morgan fingerprint density at radius 3 is 1.82 bits per heavy atom. The summed E-state index contributed by atoms with van der Waals surface area (Å²) < 4.78 is 27.4. The van der Waals surface area contributed by atoms with Crippen LogP contribution in [0.5, 0.6) is 0 Å². The number of nitrogens with one attached hydrogen (secondary N) is 1. The first kappa shape index (κ1) is 16.8. The monoisotopic (exact) mass is 250 g/mol. The van der Waals surface area contributed by atoms with Gasteiger partial charge in [0.1, 0.15) is 0 Å². The van der Waals surface area contributed by atoms with E-state index >= 15 is 0 Å². The van der Waals surface area contributed by atoms with Gasteiger partial charge in [-0.05, 0) is 48.6 Å². The third-order valence-electron chi connectivity index (χ3n) is 2.76. The fourth-order valence-electron chi connectivity index (χ4n) is 1.28. The second-order valence-electron chi connectivity index (χ2n) is 6.81. The molecule has 0 aromatic carbocycles. The molecule has 0 amide bonds. The van der Waals surface area contributed by atoms with E-state index in [-0.39, 0.29) is 24.0 Å². The Labute approximate surface area is 105 Å². The first-order valence-corrected chi connectivity index (χ1v) is 6.18. The highest BCUT2D eigenvalue weighted by atomic mass is 19.3. The molecule has 2 nitrogen and oxygen atoms in total. The van der Waals surface area contributed by atoms with E-state index in [0.717, 1.165) is 0 Å². The summed E-state index contributed by atoms with van der Waals surface area (Å²) in [6, 6.07) is 0. The van der Waals surface area contributed by atoms with Crippen LogP contribution in [0, 0.1) is 0 Å². The van der Waals surface area contributed by atoms with Crippen LogP contribution < -0.4 is 5.32 Å². The minimum absolute atomic E-state index is 0.105. The lowest BCUT2D eigenvalue weighted by atomic mass is 10.1. The summed E-state index contributed by atoms with van der Waals surface area (Å²) in [5.41, 5.74) is -0.326. The summed E-state index contributed by atoms with van der Waals surface area (Å²) in [4.78, 5) is 1.70. The number of halogens is 2. The van der Waals surface area contributed by atoms with Crippen molar-refractivity contribution in [1.29, 1.82) is 0 Å². The number of nitrogens with zero attached hydrogens (tertiary/aromatic N) is 1. The van der Waals surface area contributed by atoms with Gasteiger partial charge in [0, 0.05) is 24.0 Å². The number of rotatable bonds is 5. The number of alkyl halides is 2. The summed E-state index contributed by atoms with van der Waals surface area (Å²) in [6.45, 7) is 11.9. The molecule has 0 spiro atoms. The summed E-state index contributed by atoms with van der Waals surface area (Å²) in [5, 5.41) is 3.09. The van der Waals surface area contributed by atoms with E-state index in [1.54, 1.807) is 11.9 Å². The van der Waals surface area contributed by atoms with E-state index in [1.807, 2.05) is 41.5 Å². The molecular weight excluding hydrogens is 222 g/mol. The third-order valence-corrected chi connectivity index (χ3v) is 2.76. The van der Waals surface area contributed by atoms with E-state index in [2.05, 4.69) is 5.32 Å². The second-order valence-corrected chi connectivity index (χ2v) is 6.81. The quantitative estimate of drug-likeness (QED) is 0.806. The predicted octanol–water partition coefficient (Wildman–Crippen LogP) is 3.13. The topological polar surface area (TPSA) is 15.3 Å². The van der Waals surface area contributed by atoms with E-state index in [4.69, 9.17) is 0 Å². The number of hydrogen-bond acceptors (Lipinski definition) is 2. The van der Waals surface area contributed by atoms with Crippen LogP contribution in [0.1, 0.15) is 48.0 Å². The zero-order chi connectivity index (χ0) is 13.9. The first-order chi connectivity index (χ1) is 7.33. The molecule has 0 aliphatic carbocycles. The van der Waals surface area contributed by atoms with Gasteiger partial charge in [-0.25, -0.2) is 8.78 Å². The molecule has 0 saturated carbocycles. The molecule has 0 heterocycles. The lowest BCUT2D eigenvalue weighted by Gasteiger charge is -2.35. The van der Waals surface area contributed by atoms with Crippen LogP contribution in [0.15, 0.2) is 0 Å². The Balaban J connectivity index is 4.13. The average molecular weight is 250 g/mol. The van der Waals surface area contributed by atoms with Gasteiger partial charge in [0.25, 0.3) is 5.92 Å². The molecule has 4 heteroatoms. The average Bonchev–Trinajstić information content (AvgIpc) is 1.97. The molecule has 0 rings (SSSR count). The van der Waals surface area contributed by atoms with Gasteiger partial charge in [-0.1, -0.05) is 0 Å². The van der Waals surface area contributed by atoms with E-state index in [0.29, 0.717) is 6.54 Å². The van der Waals surface area contributed by atoms with Crippen molar-refractivity contribution in [3.05, 3.63) is 0 Å². The van der Waals surface area contributed by atoms with Gasteiger partial charge in [0.2, 0.25) is 0 Å². The van der Waals surface area contributed by atoms with Gasteiger partial charge in [0.05, 0.1) is 6.54 Å². The maximum absolute atomic E-state index is 13.7. The molecule has 0 bridgehead atoms. The Morgan fingerprint density at radius 2 is 1.47 bits per heavy atom. The molecule has 0 aliphatic heterocycles. The van der Waals surface area contributed by atoms with Crippen molar-refractivity contribution in [2.45, 2.75) is 65.0 Å². The zero-order valence-corrected chi connectivity index (χ0v) is 12.3. The van der Waals surface area contributed by atoms with E-state index in [9.17, 15) is 8.78 Å². The van der Waals surface area contributed by atoms with Gasteiger partial charge >= 0.3 is 0 Å². The summed E-state index contributed by atoms with van der Waals surface area (Å²) in [5.74, 6) is -2.64. The maximum Gasteiger partial charge on any atom is 0.261 e. The van der Waals surface area contributed by atoms with Crippen LogP contribution in [-0.4, -0.2) is 42.0 Å². The molecule has 0 aromatic heterocycles. The molecule has 17 heavy (non-hydrogen) atoms. The molecule has 0 aliphatic rings. The van der Waals surface area contributed by atoms with Gasteiger partial charge in [-0.3, -0.25) is 4.90 Å². The molecule has 1 N–H and O–H groups in total. The molecule has 0 unspecified atom stereocenters. The molecule has 0 aromatic rings. The Hall–Kier alpha value is -0.220. The second kappa shape index (κ2) is 5.61. The zero-order valence-electron chi connectivity index (χ0n) is 12.3. The van der Waals surface area contributed by atoms with Crippen molar-refractivity contribution in [2.75, 3.05) is 20.1 Å². The van der Waals surface area contributed by atoms with Gasteiger partial charge < -0.3 is 5.32 Å². The van der Waals surface area contributed by atoms with Crippen LogP contribution in [0.3, 0.4) is 0 Å². The Morgan fingerprint density at radius 1 is 1.00 bits per heavy atom. The van der Waals surface area contributed by atoms with E-state index < -0.39 is 5.92 Å². The highest BCUT2D eigenvalue weighted by Crippen LogP contribution is 2.23. The van der Waals surface area contributed by atoms with Crippen molar-refractivity contribution in [3.63, 3.8) is 0 Å². The molecule has 0 radical (unpaired) electrons. The number of hydrogen-bond donors (Lipinski definition) is 1. The van der Waals surface area contributed by atoms with Gasteiger partial charge in [-0.15, -0.1) is 0 Å². The lowest BCUT2D eigenvalue weighted by Crippen LogP contribution is -2.46. The Kier molecular flexibility index (Phi) is 5.54. The molecule has 0 fully saturated rings. The van der Waals surface area contributed by atoms with Gasteiger partial charge in [-0.2, -0.15) is 0 Å². The standard InChI is InChI=1S/C13H28F2N2/c1-11(2,3)16-9-8-13(14,15)10-17(7)12(4,5)6/h16H,8-10H2,1-7H3. The van der Waals surface area contributed by atoms with Crippen LogP contribution in [0.25, 0.3) is 0 Å². The SMILES string of the molecule is CN(CC(F)(F)CCNC(C)(C)C)C(C)(C)C. The Bertz CT molecular complexity index is 227. The van der Waals surface area contributed by atoms with Crippen molar-refractivity contribution in [2.24, 2.45) is 0 Å². The highest BCUT2D eigenvalue weighted by molar-refractivity contribution is 4.81. The predicted molar refractivity (Wildman–Crippen MR) is 69.7 cm³/mol. The largest absolute Gasteiger partial charge is 0.312 e. The minimum Gasteiger partial charge on any atom is -0.312 e. The maximum atomic E-state index is 13.7. The van der Waals surface area contributed by atoms with Crippen LogP contribution in [0.2, 0.25) is 0 Å². The van der Waals surface area contributed by atoms with Crippen LogP contribution in [-0.2, 0) is 0 Å². The van der Waals surface area contributed by atoms with E-state index in [1.165, 1.54) is 0 Å². The summed E-state index contributed by atoms with van der Waals surface area (Å²) in [7, 11) is 1.74. The summed E-state index contributed by atoms with van der Waals surface area (Å²) >= 11 is 0. The normalized spacial score (nSPS) is 14.5. The van der Waals surface area contributed by atoms with Crippen molar-refractivity contribution < 1.29 is 8.78 Å². The molecule has 104 valence electrons. The van der Waals surface area contributed by atoms with Crippen molar-refractivity contribution in [3.8, 4) is 0 Å². The smallest absolute Gasteiger partial charge is 0.261 e. The highest BCUT2D eigenvalue weighted by Gasteiger charge is 2.33. The molecule has 0 saturated heterocycles. The lowest BCUT2D eigenvalue weighted by molar-refractivity contribution is -0.0514. The van der Waals surface area contributed by atoms with Crippen LogP contribution in [0.4, 0.5) is 8.78 Å². The van der Waals surface area contributed by atoms with Crippen LogP contribution >= 0.6 is 0 Å². The minimum atomic E-state index is -2.64. The third kappa shape index (κ3) is 8.50. The molecular formula is C13H28F2N2. The first-order valence-electron chi connectivity index (χ1n) is 6.18. The van der Waals surface area contributed by atoms with Crippen molar-refractivity contribution >= 4 is 0 Å². The fraction of sp³-hybridized carbons (Fsp3) is 1.00. The molecule has 0 atom stereocenters. The fourth-order valence-corrected chi connectivity index (χ4v) is 1.28. The van der Waals surface area contributed by atoms with Crippen molar-refractivity contribution in [1.82, 2.24) is 10.2 Å². The summed E-state index contributed by atoms with van der Waals surface area (Å²) in [6.07, 6.45) is -0.120. The van der Waals surface area contributed by atoms with Gasteiger partial charge in [0.15, 0.2) is 0 Å².